The summed E-state index contributed by atoms with van der Waals surface area (Å²) in [6, 6.07) is 2.41. The Labute approximate surface area is 243 Å². The van der Waals surface area contributed by atoms with Crippen LogP contribution in [0.1, 0.15) is 78.8 Å². The molecule has 8 nitrogen and oxygen atoms in total. The smallest absolute Gasteiger partial charge is 0.254 e. The van der Waals surface area contributed by atoms with Crippen LogP contribution in [0, 0.1) is 23.3 Å². The van der Waals surface area contributed by atoms with Gasteiger partial charge in [-0.2, -0.15) is 0 Å². The Morgan fingerprint density at radius 1 is 0.952 bits per heavy atom. The molecule has 3 atom stereocenters. The summed E-state index contributed by atoms with van der Waals surface area (Å²) < 4.78 is 80.5. The van der Waals surface area contributed by atoms with Gasteiger partial charge in [0.2, 0.25) is 5.91 Å². The van der Waals surface area contributed by atoms with Gasteiger partial charge in [-0.25, -0.2) is 22.3 Å². The molecule has 2 aromatic carbocycles. The second-order valence-corrected chi connectivity index (χ2v) is 13.3. The van der Waals surface area contributed by atoms with Gasteiger partial charge in [0.1, 0.15) is 10.7 Å². The number of fused-ring (bicyclic) bond motifs is 1. The van der Waals surface area contributed by atoms with Gasteiger partial charge in [0.25, 0.3) is 5.91 Å². The number of benzene rings is 2. The van der Waals surface area contributed by atoms with Crippen LogP contribution in [0.15, 0.2) is 29.2 Å². The third-order valence-corrected chi connectivity index (χ3v) is 10.3. The van der Waals surface area contributed by atoms with Crippen molar-refractivity contribution in [3.8, 4) is 0 Å². The van der Waals surface area contributed by atoms with Crippen molar-refractivity contribution in [1.82, 2.24) is 14.9 Å². The number of nitrogens with one attached hydrogen (secondary N) is 2. The second-order valence-electron chi connectivity index (χ2n) is 11.5. The highest BCUT2D eigenvalue weighted by Crippen LogP contribution is 2.47. The first kappa shape index (κ1) is 30.7. The normalized spacial score (nSPS) is 21.9. The van der Waals surface area contributed by atoms with Crippen LogP contribution in [0.5, 0.6) is 0 Å². The van der Waals surface area contributed by atoms with Crippen LogP contribution in [0.3, 0.4) is 0 Å². The molecule has 13 heteroatoms. The molecule has 1 heterocycles. The first-order valence-electron chi connectivity index (χ1n) is 14.3. The quantitative estimate of drug-likeness (QED) is 0.255. The maximum absolute atomic E-state index is 14.6. The Hall–Kier alpha value is -2.71. The fraction of sp³-hybridized carbons (Fsp3) is 0.517. The molecule has 6 N–H and O–H groups in total. The number of nitrogens with zero attached hydrogens (tertiary/aromatic N) is 1. The van der Waals surface area contributed by atoms with Gasteiger partial charge in [-0.15, -0.1) is 10.8 Å². The molecule has 0 spiro atoms. The van der Waals surface area contributed by atoms with Crippen molar-refractivity contribution in [3.05, 3.63) is 64.2 Å². The molecule has 230 valence electrons. The predicted octanol–water partition coefficient (Wildman–Crippen LogP) is 4.97. The van der Waals surface area contributed by atoms with Gasteiger partial charge in [0.15, 0.2) is 17.5 Å². The lowest BCUT2D eigenvalue weighted by molar-refractivity contribution is -0.132. The summed E-state index contributed by atoms with van der Waals surface area (Å²) in [6.07, 6.45) is 5.56. The van der Waals surface area contributed by atoms with E-state index >= 15 is 0 Å². The third kappa shape index (κ3) is 6.45. The van der Waals surface area contributed by atoms with E-state index in [0.29, 0.717) is 62.3 Å². The first-order chi connectivity index (χ1) is 19.9. The summed E-state index contributed by atoms with van der Waals surface area (Å²) in [4.78, 5) is 27.1. The molecule has 1 saturated carbocycles. The van der Waals surface area contributed by atoms with E-state index in [9.17, 15) is 36.3 Å². The maximum atomic E-state index is 14.6. The predicted molar refractivity (Wildman–Crippen MR) is 150 cm³/mol. The maximum Gasteiger partial charge on any atom is 0.254 e. The van der Waals surface area contributed by atoms with Crippen molar-refractivity contribution in [3.63, 3.8) is 0 Å². The Kier molecular flexibility index (Phi) is 9.14. The highest BCUT2D eigenvalue weighted by molar-refractivity contribution is 8.22. The van der Waals surface area contributed by atoms with E-state index in [1.165, 1.54) is 6.07 Å². The van der Waals surface area contributed by atoms with E-state index in [1.807, 2.05) is 0 Å². The Morgan fingerprint density at radius 2 is 1.67 bits per heavy atom. The van der Waals surface area contributed by atoms with Crippen LogP contribution in [0.25, 0.3) is 0 Å². The molecule has 0 bridgehead atoms. The summed E-state index contributed by atoms with van der Waals surface area (Å²) in [5, 5.41) is 2.59. The SMILES string of the molecule is NC(CC(=O)N1CCCC1CNC(=O)c1cc(S(O)(O)NC2CCCC2)c(F)cc1F)C1CCc2cc(F)c(F)cc21. The zero-order valence-corrected chi connectivity index (χ0v) is 23.9. The van der Waals surface area contributed by atoms with Crippen molar-refractivity contribution in [2.75, 3.05) is 13.1 Å². The van der Waals surface area contributed by atoms with Gasteiger partial charge in [-0.05, 0) is 67.9 Å². The minimum absolute atomic E-state index is 0.000709. The number of carbonyl (C=O) groups is 2. The fourth-order valence-electron chi connectivity index (χ4n) is 6.48. The molecule has 1 saturated heterocycles. The van der Waals surface area contributed by atoms with Crippen molar-refractivity contribution >= 4 is 22.6 Å². The van der Waals surface area contributed by atoms with Gasteiger partial charge in [-0.3, -0.25) is 18.7 Å². The van der Waals surface area contributed by atoms with Crippen LogP contribution in [-0.4, -0.2) is 57.0 Å². The fourth-order valence-corrected chi connectivity index (χ4v) is 7.92. The van der Waals surface area contributed by atoms with Crippen LogP contribution >= 0.6 is 10.8 Å². The number of amides is 2. The molecule has 2 aliphatic carbocycles. The molecule has 5 rings (SSSR count). The van der Waals surface area contributed by atoms with Crippen LogP contribution < -0.4 is 15.8 Å². The monoisotopic (exact) mass is 612 g/mol. The third-order valence-electron chi connectivity index (χ3n) is 8.69. The molecular formula is C29H36F4N4O4S. The zero-order valence-electron chi connectivity index (χ0n) is 23.1. The molecule has 0 radical (unpaired) electrons. The van der Waals surface area contributed by atoms with E-state index in [2.05, 4.69) is 10.0 Å². The number of nitrogens with two attached hydrogens (primary N) is 1. The lowest BCUT2D eigenvalue weighted by Crippen LogP contribution is -2.45. The molecule has 3 unspecified atom stereocenters. The van der Waals surface area contributed by atoms with Crippen LogP contribution in [0.4, 0.5) is 17.6 Å². The number of hydrogen-bond donors (Lipinski definition) is 5. The summed E-state index contributed by atoms with van der Waals surface area (Å²) in [6.45, 7) is 0.440. The summed E-state index contributed by atoms with van der Waals surface area (Å²) in [5.41, 5.74) is 7.14. The molecule has 42 heavy (non-hydrogen) atoms. The first-order valence-corrected chi connectivity index (χ1v) is 15.8. The number of halogens is 4. The highest BCUT2D eigenvalue weighted by atomic mass is 32.3. The molecular weight excluding hydrogens is 576 g/mol. The standard InChI is InChI=1S/C29H36F4N4O4S/c30-22-13-25(33)27(42(40,41)36-17-4-1-2-5-17)12-21(22)29(39)35-15-18-6-3-9-37(18)28(38)14-26(34)19-8-7-16-10-23(31)24(32)11-20(16)19/h10-13,17-19,26,36,40-41H,1-9,14-15,34H2,(H,35,39). The van der Waals surface area contributed by atoms with Crippen molar-refractivity contribution < 1.29 is 36.3 Å². The Balaban J connectivity index is 1.21. The van der Waals surface area contributed by atoms with Crippen LogP contribution in [-0.2, 0) is 11.2 Å². The number of likely N-dealkylation sites (tertiary alicyclic amines) is 1. The van der Waals surface area contributed by atoms with Gasteiger partial charge in [-0.1, -0.05) is 12.8 Å². The summed E-state index contributed by atoms with van der Waals surface area (Å²) in [5.74, 6) is -5.58. The molecule has 1 aliphatic heterocycles. The topological polar surface area (TPSA) is 128 Å². The van der Waals surface area contributed by atoms with Gasteiger partial charge < -0.3 is 16.0 Å². The van der Waals surface area contributed by atoms with Gasteiger partial charge in [0, 0.05) is 49.6 Å². The Morgan fingerprint density at radius 3 is 2.40 bits per heavy atom. The number of carbonyl (C=O) groups excluding carboxylic acids is 2. The summed E-state index contributed by atoms with van der Waals surface area (Å²) in [7, 11) is -3.82. The van der Waals surface area contributed by atoms with Gasteiger partial charge >= 0.3 is 0 Å². The number of aryl methyl sites for hydroxylation is 1. The number of hydrogen-bond acceptors (Lipinski definition) is 6. The average Bonchev–Trinajstić information content (AvgIpc) is 3.69. The second kappa shape index (κ2) is 12.5. The lowest BCUT2D eigenvalue weighted by Gasteiger charge is -2.36. The van der Waals surface area contributed by atoms with E-state index in [-0.39, 0.29) is 36.9 Å². The minimum atomic E-state index is -3.82. The van der Waals surface area contributed by atoms with Crippen molar-refractivity contribution in [1.29, 1.82) is 0 Å². The minimum Gasteiger partial charge on any atom is -0.350 e. The highest BCUT2D eigenvalue weighted by Gasteiger charge is 2.35. The molecule has 2 fully saturated rings. The van der Waals surface area contributed by atoms with E-state index in [1.54, 1.807) is 4.90 Å². The van der Waals surface area contributed by atoms with Crippen molar-refractivity contribution in [2.45, 2.75) is 86.7 Å². The average molecular weight is 613 g/mol. The van der Waals surface area contributed by atoms with Crippen molar-refractivity contribution in [2.24, 2.45) is 5.73 Å². The molecule has 3 aliphatic rings. The largest absolute Gasteiger partial charge is 0.350 e. The molecule has 2 aromatic rings. The lowest BCUT2D eigenvalue weighted by atomic mass is 9.91. The van der Waals surface area contributed by atoms with Crippen LogP contribution in [0.2, 0.25) is 0 Å². The van der Waals surface area contributed by atoms with E-state index in [4.69, 9.17) is 5.73 Å². The molecule has 2 amide bonds. The van der Waals surface area contributed by atoms with E-state index < -0.39 is 56.5 Å². The summed E-state index contributed by atoms with van der Waals surface area (Å²) >= 11 is 0. The Bertz CT molecular complexity index is 1360. The van der Waals surface area contributed by atoms with E-state index in [0.717, 1.165) is 25.0 Å². The van der Waals surface area contributed by atoms with Gasteiger partial charge in [0.05, 0.1) is 5.56 Å². The zero-order chi connectivity index (χ0) is 30.2. The number of rotatable bonds is 9. The molecule has 0 aromatic heterocycles.